The Balaban J connectivity index is 3.12. The van der Waals surface area contributed by atoms with Gasteiger partial charge in [-0.05, 0) is 6.42 Å². The van der Waals surface area contributed by atoms with Gasteiger partial charge in [-0.25, -0.2) is 0 Å². The zero-order valence-electron chi connectivity index (χ0n) is 32.7. The lowest BCUT2D eigenvalue weighted by Crippen LogP contribution is -2.97. The van der Waals surface area contributed by atoms with Gasteiger partial charge in [0.2, 0.25) is 5.79 Å². The molecule has 2 rings (SSSR count). The van der Waals surface area contributed by atoms with E-state index in [4.69, 9.17) is 23.7 Å². The fourth-order valence-corrected chi connectivity index (χ4v) is 8.40. The molecule has 2 saturated heterocycles. The largest absolute Gasteiger partial charge is 0.394 e. The van der Waals surface area contributed by atoms with Gasteiger partial charge in [0.05, 0.1) is 52.9 Å². The van der Waals surface area contributed by atoms with E-state index in [2.05, 4.69) is 6.92 Å². The highest BCUT2D eigenvalue weighted by Gasteiger charge is 2.89. The van der Waals surface area contributed by atoms with Crippen molar-refractivity contribution in [1.29, 1.82) is 0 Å². The average molecular weight is 857 g/mol. The van der Waals surface area contributed by atoms with Gasteiger partial charge in [0.15, 0.2) is 35.7 Å². The van der Waals surface area contributed by atoms with E-state index < -0.39 is 155 Å². The van der Waals surface area contributed by atoms with E-state index in [9.17, 15) is 91.9 Å². The monoisotopic (exact) mass is 856 g/mol. The third kappa shape index (κ3) is 9.82. The fourth-order valence-electron chi connectivity index (χ4n) is 8.40. The Morgan fingerprint density at radius 3 is 1.55 bits per heavy atom. The van der Waals surface area contributed by atoms with Crippen LogP contribution in [0.3, 0.4) is 0 Å². The molecule has 6 unspecified atom stereocenters. The molecule has 2 fully saturated rings. The first-order valence-corrected chi connectivity index (χ1v) is 19.5. The van der Waals surface area contributed by atoms with E-state index >= 15 is 0 Å². The van der Waals surface area contributed by atoms with Gasteiger partial charge in [-0.1, -0.05) is 64.7 Å². The number of rotatable bonds is 28. The number of aliphatic hydroxyl groups excluding tert-OH is 16. The molecule has 18 N–H and O–H groups in total. The van der Waals surface area contributed by atoms with Gasteiger partial charge in [0.1, 0.15) is 54.4 Å². The van der Waals surface area contributed by atoms with Gasteiger partial charge in [-0.2, -0.15) is 0 Å². The van der Waals surface area contributed by atoms with Crippen LogP contribution in [0.15, 0.2) is 0 Å². The topological polar surface area (TPSA) is 410 Å². The lowest BCUT2D eigenvalue weighted by Gasteiger charge is -2.72. The van der Waals surface area contributed by atoms with Gasteiger partial charge >= 0.3 is 0 Å². The van der Waals surface area contributed by atoms with Crippen LogP contribution in [0.2, 0.25) is 0 Å². The third-order valence-corrected chi connectivity index (χ3v) is 11.3. The van der Waals surface area contributed by atoms with Crippen molar-refractivity contribution in [2.45, 2.75) is 167 Å². The maximum Gasteiger partial charge on any atom is 0.233 e. The molecule has 16 atom stereocenters. The molecule has 0 saturated carbocycles. The highest BCUT2D eigenvalue weighted by atomic mass is 16.8. The highest BCUT2D eigenvalue weighted by Crippen LogP contribution is 2.62. The second-order valence-electron chi connectivity index (χ2n) is 14.9. The summed E-state index contributed by atoms with van der Waals surface area (Å²) >= 11 is 0. The van der Waals surface area contributed by atoms with E-state index in [1.165, 1.54) is 0 Å². The van der Waals surface area contributed by atoms with Gasteiger partial charge < -0.3 is 116 Å². The first-order chi connectivity index (χ1) is 27.4. The normalized spacial score (nSPS) is 37.6. The molecule has 23 nitrogen and oxygen atoms in total. The summed E-state index contributed by atoms with van der Waals surface area (Å²) < 4.78 is 28.2. The van der Waals surface area contributed by atoms with Crippen LogP contribution in [0.5, 0.6) is 0 Å². The van der Waals surface area contributed by atoms with Crippen LogP contribution in [0.4, 0.5) is 0 Å². The van der Waals surface area contributed by atoms with E-state index in [1.54, 1.807) is 0 Å². The van der Waals surface area contributed by atoms with Crippen molar-refractivity contribution in [3.05, 3.63) is 0 Å². The molecule has 0 spiro atoms. The van der Waals surface area contributed by atoms with Crippen LogP contribution in [-0.4, -0.2) is 241 Å². The molecule has 0 amide bonds. The number of aliphatic hydroxyl groups is 18. The summed E-state index contributed by atoms with van der Waals surface area (Å²) in [5.41, 5.74) is -15.3. The summed E-state index contributed by atoms with van der Waals surface area (Å²) in [5, 5.41) is 199. The van der Waals surface area contributed by atoms with Crippen molar-refractivity contribution >= 4 is 0 Å². The minimum absolute atomic E-state index is 0.124. The maximum atomic E-state index is 13.1. The van der Waals surface area contributed by atoms with E-state index in [1.807, 2.05) is 0 Å². The standard InChI is InChI=1S/C35H68O23/c1-2-3-4-5-6-7-8-9-10-11-31(19-43)34(23(46)15-39,56-26(49)18-42)32(52,21(44)13-37)33(53,22(45)14-38)35(58-31,24(47)16-40)57-28-20(12-36)54-30(51)29(27(28)50)55-25(48)17-41/h20-30,36-53H,2-19H2,1H3/t20-,21?,22?,23?,24?,25?,26?,27-,28-,29-,30-,31-,32+,33-,34-,35+/m1/s1. The van der Waals surface area contributed by atoms with Crippen molar-refractivity contribution in [1.82, 2.24) is 0 Å². The molecule has 0 aromatic rings. The number of hydrogen-bond donors (Lipinski definition) is 18. The molecule has 0 aromatic heterocycles. The summed E-state index contributed by atoms with van der Waals surface area (Å²) in [4.78, 5) is 0. The second kappa shape index (κ2) is 23.5. The summed E-state index contributed by atoms with van der Waals surface area (Å²) in [6, 6.07) is 0. The Morgan fingerprint density at radius 1 is 0.586 bits per heavy atom. The smallest absolute Gasteiger partial charge is 0.233 e. The Labute approximate surface area is 335 Å². The van der Waals surface area contributed by atoms with Gasteiger partial charge in [-0.15, -0.1) is 0 Å². The second-order valence-corrected chi connectivity index (χ2v) is 14.9. The Kier molecular flexibility index (Phi) is 21.6. The molecule has 58 heavy (non-hydrogen) atoms. The van der Waals surface area contributed by atoms with Gasteiger partial charge in [0.25, 0.3) is 0 Å². The zero-order chi connectivity index (χ0) is 44.1. The van der Waals surface area contributed by atoms with Crippen LogP contribution < -0.4 is 0 Å². The van der Waals surface area contributed by atoms with Crippen molar-refractivity contribution in [3.8, 4) is 0 Å². The van der Waals surface area contributed by atoms with Crippen molar-refractivity contribution in [2.75, 3.05) is 52.9 Å². The zero-order valence-corrected chi connectivity index (χ0v) is 32.7. The molecule has 0 aliphatic carbocycles. The van der Waals surface area contributed by atoms with E-state index in [0.29, 0.717) is 12.8 Å². The van der Waals surface area contributed by atoms with Crippen molar-refractivity contribution in [2.24, 2.45) is 0 Å². The molecule has 0 bridgehead atoms. The van der Waals surface area contributed by atoms with Crippen LogP contribution in [-0.2, 0) is 23.7 Å². The number of unbranched alkanes of at least 4 members (excludes halogenated alkanes) is 8. The van der Waals surface area contributed by atoms with E-state index in [0.717, 1.165) is 32.1 Å². The van der Waals surface area contributed by atoms with Crippen LogP contribution in [0, 0.1) is 0 Å². The lowest BCUT2D eigenvalue weighted by atomic mass is 9.51. The molecule has 346 valence electrons. The first kappa shape index (κ1) is 53.2. The van der Waals surface area contributed by atoms with Gasteiger partial charge in [-0.3, -0.25) is 0 Å². The predicted octanol–water partition coefficient (Wildman–Crippen LogP) is -7.54. The molecular weight excluding hydrogens is 788 g/mol. The minimum atomic E-state index is -4.31. The Morgan fingerprint density at radius 2 is 1.09 bits per heavy atom. The van der Waals surface area contributed by atoms with Gasteiger partial charge in [0, 0.05) is 0 Å². The number of ether oxygens (including phenoxy) is 5. The molecule has 0 aromatic carbocycles. The molecular formula is C35H68O23. The molecule has 0 radical (unpaired) electrons. The van der Waals surface area contributed by atoms with Crippen LogP contribution in [0.25, 0.3) is 0 Å². The fraction of sp³-hybridized carbons (Fsp3) is 1.00. The quantitative estimate of drug-likeness (QED) is 0.0257. The molecule has 2 aliphatic rings. The Bertz CT molecular complexity index is 1160. The Hall–Kier alpha value is -0.920. The third-order valence-electron chi connectivity index (χ3n) is 11.3. The molecule has 2 aliphatic heterocycles. The highest BCUT2D eigenvalue weighted by molar-refractivity contribution is 5.34. The number of hydrogen-bond acceptors (Lipinski definition) is 23. The minimum Gasteiger partial charge on any atom is -0.394 e. The lowest BCUT2D eigenvalue weighted by molar-refractivity contribution is -0.539. The predicted molar refractivity (Wildman–Crippen MR) is 191 cm³/mol. The average Bonchev–Trinajstić information content (AvgIpc) is 3.23. The molecule has 2 heterocycles. The van der Waals surface area contributed by atoms with Crippen LogP contribution >= 0.6 is 0 Å². The van der Waals surface area contributed by atoms with E-state index in [-0.39, 0.29) is 12.8 Å². The molecule has 23 heteroatoms. The maximum absolute atomic E-state index is 13.1. The van der Waals surface area contributed by atoms with Crippen molar-refractivity contribution in [3.63, 3.8) is 0 Å². The first-order valence-electron chi connectivity index (χ1n) is 19.5. The van der Waals surface area contributed by atoms with Crippen LogP contribution in [0.1, 0.15) is 71.1 Å². The summed E-state index contributed by atoms with van der Waals surface area (Å²) in [5.74, 6) is -3.94. The van der Waals surface area contributed by atoms with Crippen molar-refractivity contribution < 1.29 is 116 Å². The summed E-state index contributed by atoms with van der Waals surface area (Å²) in [6.07, 6.45) is -22.2. The summed E-state index contributed by atoms with van der Waals surface area (Å²) in [7, 11) is 0. The summed E-state index contributed by atoms with van der Waals surface area (Å²) in [6.45, 7) is -9.92. The SMILES string of the molecule is CCCCCCCCCCC[C@]1(CO)O[C@@](O[C@H]2[C@@H](O)[C@@H](OC(O)CO)[C@H](O)O[C@@H]2CO)(C(O)CO)[C@@](O)(C(O)CO)[C@@](O)(C(O)CO)[C@@]1(OC(O)CO)C(O)CO.